The number of carbonyl (C=O) groups excluding carboxylic acids is 2. The van der Waals surface area contributed by atoms with Crippen LogP contribution in [0.4, 0.5) is 4.79 Å². The van der Waals surface area contributed by atoms with Gasteiger partial charge in [0.05, 0.1) is 36.8 Å². The highest BCUT2D eigenvalue weighted by atomic mass is 32.2. The molecule has 0 aliphatic carbocycles. The van der Waals surface area contributed by atoms with Gasteiger partial charge in [-0.25, -0.2) is 13.2 Å². The van der Waals surface area contributed by atoms with E-state index in [1.165, 1.54) is 19.2 Å². The van der Waals surface area contributed by atoms with Crippen LogP contribution in [0.3, 0.4) is 0 Å². The zero-order valence-electron chi connectivity index (χ0n) is 15.2. The number of nitrogens with two attached hydrogens (primary N) is 1. The van der Waals surface area contributed by atoms with Gasteiger partial charge in [-0.1, -0.05) is 18.3 Å². The maximum absolute atomic E-state index is 12.6. The number of phenolic OH excluding ortho intramolecular Hbond substituents is 1. The molecule has 0 aliphatic heterocycles. The van der Waals surface area contributed by atoms with Crippen LogP contribution in [-0.2, 0) is 14.6 Å². The smallest absolute Gasteiger partial charge is 0.317 e. The number of nitrogens with zero attached hydrogens (tertiary/aromatic N) is 1. The van der Waals surface area contributed by atoms with Crippen LogP contribution in [0, 0.1) is 11.3 Å². The Kier molecular flexibility index (Phi) is 8.15. The Hall–Kier alpha value is -2.91. The van der Waals surface area contributed by atoms with Crippen molar-refractivity contribution in [3.8, 4) is 17.6 Å². The molecule has 3 amide bonds. The number of carbonyl (C=O) groups is 2. The molecule has 1 aromatic carbocycles. The van der Waals surface area contributed by atoms with Crippen LogP contribution in [0.1, 0.15) is 23.5 Å². The second-order valence-corrected chi connectivity index (χ2v) is 8.34. The van der Waals surface area contributed by atoms with Crippen molar-refractivity contribution >= 4 is 39.0 Å². The summed E-state index contributed by atoms with van der Waals surface area (Å²) in [7, 11) is -2.35. The van der Waals surface area contributed by atoms with Gasteiger partial charge in [-0.2, -0.15) is 5.26 Å². The first-order valence-electron chi connectivity index (χ1n) is 7.84. The summed E-state index contributed by atoms with van der Waals surface area (Å²) in [6.45, 7) is 0.0110. The Bertz CT molecular complexity index is 924. The fourth-order valence-electron chi connectivity index (χ4n) is 2.43. The normalized spacial score (nSPS) is 11.8. The van der Waals surface area contributed by atoms with Gasteiger partial charge in [0.2, 0.25) is 5.91 Å². The molecule has 1 rings (SSSR count). The van der Waals surface area contributed by atoms with Gasteiger partial charge in [0.25, 0.3) is 0 Å². The number of benzene rings is 1. The van der Waals surface area contributed by atoms with E-state index in [1.807, 2.05) is 6.07 Å². The van der Waals surface area contributed by atoms with Crippen molar-refractivity contribution in [3.63, 3.8) is 0 Å². The molecular weight excluding hydrogens is 408 g/mol. The Morgan fingerprint density at radius 3 is 2.57 bits per heavy atom. The minimum Gasteiger partial charge on any atom is -0.504 e. The second kappa shape index (κ2) is 9.86. The fourth-order valence-corrected chi connectivity index (χ4v) is 3.68. The van der Waals surface area contributed by atoms with Crippen molar-refractivity contribution in [1.82, 2.24) is 10.6 Å². The molecule has 1 aromatic rings. The van der Waals surface area contributed by atoms with E-state index in [1.54, 1.807) is 0 Å². The number of ether oxygens (including phenoxy) is 1. The lowest BCUT2D eigenvalue weighted by Gasteiger charge is -2.21. The van der Waals surface area contributed by atoms with Crippen LogP contribution in [0.2, 0.25) is 0 Å². The molecule has 0 saturated carbocycles. The number of phenols is 1. The third-order valence-corrected chi connectivity index (χ3v) is 4.80. The number of nitrogens with one attached hydrogen (secondary N) is 2. The third kappa shape index (κ3) is 6.36. The number of nitriles is 1. The molecule has 0 spiro atoms. The number of thiocarbonyl (C=S) groups is 1. The molecule has 0 fully saturated rings. The molecule has 1 atom stereocenters. The van der Waals surface area contributed by atoms with Gasteiger partial charge in [-0.15, -0.1) is 0 Å². The predicted molar refractivity (Wildman–Crippen MR) is 105 cm³/mol. The van der Waals surface area contributed by atoms with Crippen molar-refractivity contribution in [3.05, 3.63) is 23.3 Å². The van der Waals surface area contributed by atoms with Crippen molar-refractivity contribution in [2.75, 3.05) is 25.7 Å². The van der Waals surface area contributed by atoms with Crippen LogP contribution >= 0.6 is 12.2 Å². The minimum atomic E-state index is -3.64. The first kappa shape index (κ1) is 23.1. The lowest BCUT2D eigenvalue weighted by atomic mass is 9.93. The van der Waals surface area contributed by atoms with E-state index in [9.17, 15) is 23.1 Å². The molecule has 0 heterocycles. The van der Waals surface area contributed by atoms with Crippen LogP contribution in [0.5, 0.6) is 11.5 Å². The van der Waals surface area contributed by atoms with E-state index < -0.39 is 39.2 Å². The average molecular weight is 428 g/mol. The van der Waals surface area contributed by atoms with Crippen LogP contribution in [0.25, 0.3) is 0 Å². The summed E-state index contributed by atoms with van der Waals surface area (Å²) in [4.78, 5) is 23.5. The van der Waals surface area contributed by atoms with E-state index in [0.717, 1.165) is 6.26 Å². The molecule has 28 heavy (non-hydrogen) atoms. The van der Waals surface area contributed by atoms with Gasteiger partial charge >= 0.3 is 6.03 Å². The Morgan fingerprint density at radius 2 is 2.07 bits per heavy atom. The highest BCUT2D eigenvalue weighted by molar-refractivity contribution is 7.90. The largest absolute Gasteiger partial charge is 0.504 e. The molecule has 10 nitrogen and oxygen atoms in total. The number of methoxy groups -OCH3 is 1. The van der Waals surface area contributed by atoms with E-state index in [4.69, 9.17) is 28.0 Å². The quantitative estimate of drug-likeness (QED) is 0.328. The SMILES string of the molecule is COc1ccc(C(CS(C)(=O)=O)C(=O)NCCC#N)c(C(=S)NC(N)=O)c1O. The summed E-state index contributed by atoms with van der Waals surface area (Å²) in [5.74, 6) is -3.04. The number of aromatic hydroxyl groups is 1. The maximum atomic E-state index is 12.6. The molecule has 0 aromatic heterocycles. The van der Waals surface area contributed by atoms with Crippen molar-refractivity contribution in [1.29, 1.82) is 5.26 Å². The van der Waals surface area contributed by atoms with Crippen molar-refractivity contribution < 1.29 is 27.9 Å². The lowest BCUT2D eigenvalue weighted by Crippen LogP contribution is -2.37. The summed E-state index contributed by atoms with van der Waals surface area (Å²) in [6.07, 6.45) is 0.977. The Morgan fingerprint density at radius 1 is 1.43 bits per heavy atom. The number of amides is 3. The molecule has 0 aliphatic rings. The van der Waals surface area contributed by atoms with Gasteiger partial charge in [0, 0.05) is 12.8 Å². The average Bonchev–Trinajstić information content (AvgIpc) is 2.58. The number of sulfone groups is 1. The molecule has 12 heteroatoms. The topological polar surface area (TPSA) is 172 Å². The van der Waals surface area contributed by atoms with Crippen LogP contribution in [0.15, 0.2) is 12.1 Å². The zero-order chi connectivity index (χ0) is 21.5. The van der Waals surface area contributed by atoms with Gasteiger partial charge in [-0.3, -0.25) is 10.1 Å². The summed E-state index contributed by atoms with van der Waals surface area (Å²) >= 11 is 5.08. The number of hydrogen-bond acceptors (Lipinski definition) is 8. The van der Waals surface area contributed by atoms with Crippen LogP contribution < -0.4 is 21.1 Å². The monoisotopic (exact) mass is 428 g/mol. The van der Waals surface area contributed by atoms with E-state index >= 15 is 0 Å². The second-order valence-electron chi connectivity index (χ2n) is 5.74. The molecule has 0 radical (unpaired) electrons. The Balaban J connectivity index is 3.55. The van der Waals surface area contributed by atoms with Crippen LogP contribution in [-0.4, -0.2) is 56.1 Å². The number of hydrogen-bond donors (Lipinski definition) is 4. The molecule has 152 valence electrons. The van der Waals surface area contributed by atoms with Crippen molar-refractivity contribution in [2.45, 2.75) is 12.3 Å². The summed E-state index contributed by atoms with van der Waals surface area (Å²) in [6, 6.07) is 3.55. The predicted octanol–water partition coefficient (Wildman–Crippen LogP) is -0.0973. The summed E-state index contributed by atoms with van der Waals surface area (Å²) in [5.41, 5.74) is 4.96. The molecule has 1 unspecified atom stereocenters. The Labute approximate surface area is 167 Å². The molecule has 0 saturated heterocycles. The number of rotatable bonds is 8. The van der Waals surface area contributed by atoms with Gasteiger partial charge in [-0.05, 0) is 11.6 Å². The standard InChI is InChI=1S/C16H20N4O6S2/c1-26-11-5-4-9(12(13(11)21)15(27)20-16(18)23)10(8-28(2,24)25)14(22)19-7-3-6-17/h4-5,10,21H,3,7-8H2,1-2H3,(H,19,22)(H3,18,20,23,27). The maximum Gasteiger partial charge on any atom is 0.317 e. The molecule has 0 bridgehead atoms. The number of urea groups is 1. The highest BCUT2D eigenvalue weighted by Crippen LogP contribution is 2.36. The molecule has 5 N–H and O–H groups in total. The minimum absolute atomic E-state index is 0.00429. The van der Waals surface area contributed by atoms with E-state index in [0.29, 0.717) is 0 Å². The van der Waals surface area contributed by atoms with Gasteiger partial charge in [0.1, 0.15) is 14.8 Å². The number of primary amides is 1. The third-order valence-electron chi connectivity index (χ3n) is 3.55. The summed E-state index contributed by atoms with van der Waals surface area (Å²) in [5, 5.41) is 23.7. The zero-order valence-corrected chi connectivity index (χ0v) is 16.8. The molecular formula is C16H20N4O6S2. The van der Waals surface area contributed by atoms with Crippen molar-refractivity contribution in [2.24, 2.45) is 5.73 Å². The summed E-state index contributed by atoms with van der Waals surface area (Å²) < 4.78 is 28.8. The van der Waals surface area contributed by atoms with Gasteiger partial charge < -0.3 is 20.9 Å². The first-order valence-corrected chi connectivity index (χ1v) is 10.3. The first-order chi connectivity index (χ1) is 13.0. The van der Waals surface area contributed by atoms with Gasteiger partial charge in [0.15, 0.2) is 11.5 Å². The fraction of sp³-hybridized carbons (Fsp3) is 0.375. The van der Waals surface area contributed by atoms with E-state index in [2.05, 4.69) is 10.6 Å². The lowest BCUT2D eigenvalue weighted by molar-refractivity contribution is -0.122. The highest BCUT2D eigenvalue weighted by Gasteiger charge is 2.31. The van der Waals surface area contributed by atoms with E-state index in [-0.39, 0.29) is 34.8 Å².